The van der Waals surface area contributed by atoms with E-state index < -0.39 is 10.0 Å². The highest BCUT2D eigenvalue weighted by molar-refractivity contribution is 7.89. The van der Waals surface area contributed by atoms with Gasteiger partial charge < -0.3 is 10.2 Å². The molecule has 4 rings (SSSR count). The van der Waals surface area contributed by atoms with E-state index in [4.69, 9.17) is 0 Å². The minimum Gasteiger partial charge on any atom is -0.359 e. The van der Waals surface area contributed by atoms with Gasteiger partial charge in [-0.25, -0.2) is 8.42 Å². The average Bonchev–Trinajstić information content (AvgIpc) is 3.04. The number of amides is 1. The highest BCUT2D eigenvalue weighted by Gasteiger charge is 2.28. The van der Waals surface area contributed by atoms with E-state index in [2.05, 4.69) is 23.2 Å². The van der Waals surface area contributed by atoms with Crippen LogP contribution in [-0.4, -0.2) is 44.3 Å². The Kier molecular flexibility index (Phi) is 5.61. The Labute approximate surface area is 172 Å². The molecule has 1 fully saturated rings. The molecule has 2 aliphatic heterocycles. The molecule has 2 aliphatic rings. The topological polar surface area (TPSA) is 69.7 Å². The molecule has 154 valence electrons. The Bertz CT molecular complexity index is 1000. The maximum absolute atomic E-state index is 12.9. The molecule has 1 N–H and O–H groups in total. The molecular weight excluding hydrogens is 386 g/mol. The summed E-state index contributed by atoms with van der Waals surface area (Å²) in [6, 6.07) is 15.0. The van der Waals surface area contributed by atoms with E-state index in [-0.39, 0.29) is 23.4 Å². The zero-order valence-corrected chi connectivity index (χ0v) is 17.5. The van der Waals surface area contributed by atoms with Crippen LogP contribution >= 0.6 is 0 Å². The maximum Gasteiger partial charge on any atom is 0.243 e. The van der Waals surface area contributed by atoms with E-state index in [1.807, 2.05) is 18.2 Å². The third-order valence-electron chi connectivity index (χ3n) is 5.73. The zero-order chi connectivity index (χ0) is 20.4. The van der Waals surface area contributed by atoms with Gasteiger partial charge in [0, 0.05) is 30.5 Å². The van der Waals surface area contributed by atoms with E-state index in [1.54, 1.807) is 28.6 Å². The van der Waals surface area contributed by atoms with Crippen LogP contribution < -0.4 is 10.2 Å². The summed E-state index contributed by atoms with van der Waals surface area (Å²) in [6.07, 6.45) is 3.78. The highest BCUT2D eigenvalue weighted by atomic mass is 32.2. The van der Waals surface area contributed by atoms with Crippen molar-refractivity contribution in [2.45, 2.75) is 43.5 Å². The molecule has 0 unspecified atom stereocenters. The summed E-state index contributed by atoms with van der Waals surface area (Å²) < 4.78 is 27.3. The molecule has 0 aliphatic carbocycles. The number of fused-ring (bicyclic) bond motifs is 1. The number of benzene rings is 2. The van der Waals surface area contributed by atoms with Gasteiger partial charge in [-0.3, -0.25) is 4.79 Å². The minimum absolute atomic E-state index is 0.152. The molecule has 2 aromatic carbocycles. The zero-order valence-electron chi connectivity index (χ0n) is 16.7. The lowest BCUT2D eigenvalue weighted by Crippen LogP contribution is -2.37. The molecule has 2 aromatic rings. The second kappa shape index (κ2) is 8.16. The van der Waals surface area contributed by atoms with Gasteiger partial charge in [0.1, 0.15) is 0 Å². The van der Waals surface area contributed by atoms with Crippen molar-refractivity contribution in [2.24, 2.45) is 0 Å². The van der Waals surface area contributed by atoms with Crippen molar-refractivity contribution in [3.05, 3.63) is 54.1 Å². The van der Waals surface area contributed by atoms with Crippen LogP contribution in [0.3, 0.4) is 0 Å². The molecular formula is C22H27N3O3S. The lowest BCUT2D eigenvalue weighted by molar-refractivity contribution is -0.115. The molecule has 6 nitrogen and oxygen atoms in total. The van der Waals surface area contributed by atoms with Crippen LogP contribution in [-0.2, 0) is 21.2 Å². The predicted molar refractivity (Wildman–Crippen MR) is 115 cm³/mol. The normalized spacial score (nSPS) is 19.8. The Balaban J connectivity index is 1.46. The van der Waals surface area contributed by atoms with Crippen molar-refractivity contribution >= 4 is 27.3 Å². The van der Waals surface area contributed by atoms with Gasteiger partial charge in [0.05, 0.1) is 11.4 Å². The van der Waals surface area contributed by atoms with Gasteiger partial charge in [-0.2, -0.15) is 4.31 Å². The van der Waals surface area contributed by atoms with E-state index in [9.17, 15) is 13.2 Å². The Morgan fingerprint density at radius 3 is 2.62 bits per heavy atom. The van der Waals surface area contributed by atoms with Gasteiger partial charge >= 0.3 is 0 Å². The van der Waals surface area contributed by atoms with Crippen LogP contribution in [0.5, 0.6) is 0 Å². The molecule has 0 bridgehead atoms. The number of hydrogen-bond acceptors (Lipinski definition) is 4. The van der Waals surface area contributed by atoms with Crippen molar-refractivity contribution in [3.63, 3.8) is 0 Å². The number of carbonyl (C=O) groups is 1. The fraction of sp³-hybridized carbons (Fsp3) is 0.409. The third-order valence-corrected chi connectivity index (χ3v) is 7.63. The van der Waals surface area contributed by atoms with Gasteiger partial charge in [-0.15, -0.1) is 0 Å². The Morgan fingerprint density at radius 2 is 1.83 bits per heavy atom. The van der Waals surface area contributed by atoms with Crippen LogP contribution in [0.2, 0.25) is 0 Å². The van der Waals surface area contributed by atoms with E-state index in [0.717, 1.165) is 31.4 Å². The lowest BCUT2D eigenvalue weighted by Gasteiger charge is -2.26. The molecule has 1 atom stereocenters. The molecule has 0 spiro atoms. The first-order chi connectivity index (χ1) is 13.9. The number of sulfonamides is 1. The highest BCUT2D eigenvalue weighted by Crippen LogP contribution is 2.31. The number of anilines is 2. The summed E-state index contributed by atoms with van der Waals surface area (Å²) in [4.78, 5) is 15.0. The first-order valence-corrected chi connectivity index (χ1v) is 11.6. The fourth-order valence-electron chi connectivity index (χ4n) is 4.21. The van der Waals surface area contributed by atoms with E-state index >= 15 is 0 Å². The predicted octanol–water partition coefficient (Wildman–Crippen LogP) is 3.25. The second-order valence-electron chi connectivity index (χ2n) is 7.85. The summed E-state index contributed by atoms with van der Waals surface area (Å²) in [7, 11) is -3.52. The van der Waals surface area contributed by atoms with Crippen molar-refractivity contribution in [3.8, 4) is 0 Å². The van der Waals surface area contributed by atoms with Crippen LogP contribution in [0.1, 0.15) is 31.7 Å². The lowest BCUT2D eigenvalue weighted by atomic mass is 10.1. The number of para-hydroxylation sites is 1. The van der Waals surface area contributed by atoms with E-state index in [1.165, 1.54) is 5.56 Å². The molecule has 7 heteroatoms. The summed E-state index contributed by atoms with van der Waals surface area (Å²) in [5, 5.41) is 2.87. The molecule has 0 aromatic heterocycles. The van der Waals surface area contributed by atoms with Crippen LogP contribution in [0.15, 0.2) is 53.4 Å². The van der Waals surface area contributed by atoms with Crippen LogP contribution in [0.25, 0.3) is 0 Å². The van der Waals surface area contributed by atoms with Crippen molar-refractivity contribution in [2.75, 3.05) is 29.9 Å². The Hall–Kier alpha value is -2.38. The first kappa shape index (κ1) is 19.9. The third kappa shape index (κ3) is 4.16. The molecule has 29 heavy (non-hydrogen) atoms. The molecule has 0 radical (unpaired) electrons. The second-order valence-corrected chi connectivity index (χ2v) is 9.79. The largest absolute Gasteiger partial charge is 0.359 e. The number of nitrogens with zero attached hydrogens (tertiary/aromatic N) is 2. The number of nitrogens with one attached hydrogen (secondary N) is 1. The summed E-state index contributed by atoms with van der Waals surface area (Å²) >= 11 is 0. The molecule has 2 heterocycles. The Morgan fingerprint density at radius 1 is 1.07 bits per heavy atom. The van der Waals surface area contributed by atoms with Gasteiger partial charge in [0.2, 0.25) is 15.9 Å². The van der Waals surface area contributed by atoms with E-state index in [0.29, 0.717) is 18.8 Å². The molecule has 1 amide bonds. The fourth-order valence-corrected chi connectivity index (χ4v) is 5.78. The first-order valence-electron chi connectivity index (χ1n) is 10.2. The number of hydrogen-bond donors (Lipinski definition) is 1. The van der Waals surface area contributed by atoms with Gasteiger partial charge in [-0.05, 0) is 56.0 Å². The number of carbonyl (C=O) groups excluding carboxylic acids is 1. The smallest absolute Gasteiger partial charge is 0.243 e. The van der Waals surface area contributed by atoms with Gasteiger partial charge in [0.15, 0.2) is 0 Å². The van der Waals surface area contributed by atoms with Crippen LogP contribution in [0.4, 0.5) is 11.4 Å². The number of rotatable bonds is 5. The van der Waals surface area contributed by atoms with Crippen molar-refractivity contribution in [1.29, 1.82) is 0 Å². The minimum atomic E-state index is -3.52. The quantitative estimate of drug-likeness (QED) is 0.817. The number of piperidine rings is 1. The van der Waals surface area contributed by atoms with Gasteiger partial charge in [0.25, 0.3) is 0 Å². The average molecular weight is 414 g/mol. The van der Waals surface area contributed by atoms with Crippen molar-refractivity contribution < 1.29 is 13.2 Å². The summed E-state index contributed by atoms with van der Waals surface area (Å²) in [5.41, 5.74) is 2.85. The summed E-state index contributed by atoms with van der Waals surface area (Å²) in [6.45, 7) is 3.47. The monoisotopic (exact) mass is 413 g/mol. The van der Waals surface area contributed by atoms with Crippen LogP contribution in [0, 0.1) is 0 Å². The standard InChI is InChI=1S/C22H27N3O3S/c1-17-14-18-8-3-4-11-21(18)25(17)16-22(26)23-19-9-7-10-20(15-19)29(27,28)24-12-5-2-6-13-24/h3-4,7-11,15,17H,2,5-6,12-14,16H2,1H3,(H,23,26)/t17-/m1/s1. The van der Waals surface area contributed by atoms with Crippen molar-refractivity contribution in [1.82, 2.24) is 4.31 Å². The molecule has 1 saturated heterocycles. The maximum atomic E-state index is 12.9. The SMILES string of the molecule is C[C@@H]1Cc2ccccc2N1CC(=O)Nc1cccc(S(=O)(=O)N2CCCCC2)c1. The summed E-state index contributed by atoms with van der Waals surface area (Å²) in [5.74, 6) is -0.152. The molecule has 0 saturated carbocycles. The van der Waals surface area contributed by atoms with Gasteiger partial charge in [-0.1, -0.05) is 30.7 Å².